The minimum atomic E-state index is -1.95. The monoisotopic (exact) mass is 924 g/mol. The lowest BCUT2D eigenvalue weighted by Crippen LogP contribution is -2.49. The molecule has 4 heterocycles. The SMILES string of the molecule is C[Si]1(C)c2ccccc2-c2ccc3cc4c(cc3c21)c1cc(-c2cccc(-c3ccc(N(c5ccc6c(c5)oc5ccccc56)c5ccc6c(c5)oc5ccccc56)cc3)c2)ccc1n4-c1ccccc1. The number of nitrogens with zero attached hydrogens (tertiary/aromatic N) is 2. The number of benzene rings is 11. The Morgan fingerprint density at radius 2 is 0.930 bits per heavy atom. The van der Waals surface area contributed by atoms with Gasteiger partial charge in [-0.15, -0.1) is 0 Å². The zero-order valence-corrected chi connectivity index (χ0v) is 40.2. The van der Waals surface area contributed by atoms with Crippen LogP contribution in [0.25, 0.3) is 116 Å². The molecule has 0 spiro atoms. The minimum Gasteiger partial charge on any atom is -0.456 e. The van der Waals surface area contributed by atoms with E-state index in [0.717, 1.165) is 77.8 Å². The van der Waals surface area contributed by atoms with Gasteiger partial charge in [-0.3, -0.25) is 0 Å². The van der Waals surface area contributed by atoms with E-state index in [-0.39, 0.29) is 0 Å². The topological polar surface area (TPSA) is 34.5 Å². The predicted molar refractivity (Wildman–Crippen MR) is 301 cm³/mol. The second-order valence-electron chi connectivity index (χ2n) is 19.7. The zero-order valence-electron chi connectivity index (χ0n) is 39.2. The first-order chi connectivity index (χ1) is 34.9. The largest absolute Gasteiger partial charge is 0.456 e. The maximum Gasteiger partial charge on any atom is 0.137 e. The average molecular weight is 925 g/mol. The highest BCUT2D eigenvalue weighted by atomic mass is 28.3. The molecule has 0 atom stereocenters. The standard InChI is InChI=1S/C66H44N2O2Si/c1-71(2)65-22-11-8-19-54(65)55-31-25-45-37-60-58(40-56(45)66(55)71)57-36-44(26-34-59(57)68(60)46-15-4-3-5-16-46)43-14-12-13-42(35-43)41-23-27-47(28-24-41)67(48-29-32-52-50-17-6-9-20-61(50)69-63(52)38-48)49-30-33-53-51-18-7-10-21-62(51)70-64(53)39-49/h3-40H,1-2H3. The molecule has 15 rings (SSSR count). The highest BCUT2D eigenvalue weighted by Gasteiger charge is 2.38. The van der Waals surface area contributed by atoms with Gasteiger partial charge in [-0.1, -0.05) is 140 Å². The van der Waals surface area contributed by atoms with Gasteiger partial charge in [-0.25, -0.2) is 0 Å². The third-order valence-corrected chi connectivity index (χ3v) is 18.9. The van der Waals surface area contributed by atoms with Crippen LogP contribution in [0.4, 0.5) is 17.1 Å². The van der Waals surface area contributed by atoms with Gasteiger partial charge in [0, 0.05) is 67.2 Å². The molecule has 11 aromatic carbocycles. The molecule has 14 aromatic rings. The van der Waals surface area contributed by atoms with E-state index in [9.17, 15) is 0 Å². The molecule has 0 radical (unpaired) electrons. The summed E-state index contributed by atoms with van der Waals surface area (Å²) in [5.41, 5.74) is 17.6. The van der Waals surface area contributed by atoms with E-state index in [1.165, 1.54) is 60.0 Å². The Labute approximate surface area is 410 Å². The molecule has 71 heavy (non-hydrogen) atoms. The Morgan fingerprint density at radius 3 is 1.65 bits per heavy atom. The summed E-state index contributed by atoms with van der Waals surface area (Å²) in [6, 6.07) is 84.0. The van der Waals surface area contributed by atoms with Crippen LogP contribution in [0.1, 0.15) is 0 Å². The van der Waals surface area contributed by atoms with Crippen molar-refractivity contribution < 1.29 is 8.83 Å². The van der Waals surface area contributed by atoms with Gasteiger partial charge < -0.3 is 18.3 Å². The molecule has 0 fully saturated rings. The van der Waals surface area contributed by atoms with Crippen molar-refractivity contribution in [1.82, 2.24) is 4.57 Å². The Morgan fingerprint density at radius 1 is 0.352 bits per heavy atom. The van der Waals surface area contributed by atoms with Crippen molar-refractivity contribution in [2.75, 3.05) is 4.90 Å². The van der Waals surface area contributed by atoms with E-state index >= 15 is 0 Å². The Bertz CT molecular complexity index is 4390. The molecule has 1 aliphatic rings. The lowest BCUT2D eigenvalue weighted by molar-refractivity contribution is 0.669. The maximum atomic E-state index is 6.42. The van der Waals surface area contributed by atoms with Crippen molar-refractivity contribution in [3.05, 3.63) is 231 Å². The number of rotatable bonds is 6. The fourth-order valence-electron chi connectivity index (χ4n) is 12.0. The van der Waals surface area contributed by atoms with Gasteiger partial charge >= 0.3 is 0 Å². The molecule has 3 aromatic heterocycles. The van der Waals surface area contributed by atoms with Crippen LogP contribution in [0.5, 0.6) is 0 Å². The third kappa shape index (κ3) is 6.03. The average Bonchev–Trinajstić information content (AvgIpc) is 4.14. The number of para-hydroxylation sites is 3. The summed E-state index contributed by atoms with van der Waals surface area (Å²) in [7, 11) is -1.95. The summed E-state index contributed by atoms with van der Waals surface area (Å²) >= 11 is 0. The first-order valence-electron chi connectivity index (χ1n) is 24.5. The molecular weight excluding hydrogens is 881 g/mol. The van der Waals surface area contributed by atoms with Gasteiger partial charge in [0.2, 0.25) is 0 Å². The molecule has 4 nitrogen and oxygen atoms in total. The number of furan rings is 2. The van der Waals surface area contributed by atoms with Crippen LogP contribution in [0.2, 0.25) is 13.1 Å². The van der Waals surface area contributed by atoms with Gasteiger partial charge in [0.05, 0.1) is 11.0 Å². The second kappa shape index (κ2) is 15.0. The lowest BCUT2D eigenvalue weighted by atomic mass is 9.97. The van der Waals surface area contributed by atoms with Crippen LogP contribution in [-0.2, 0) is 0 Å². The second-order valence-corrected chi connectivity index (χ2v) is 24.0. The summed E-state index contributed by atoms with van der Waals surface area (Å²) in [4.78, 5) is 2.29. The molecule has 0 aliphatic carbocycles. The van der Waals surface area contributed by atoms with Crippen LogP contribution in [-0.4, -0.2) is 12.6 Å². The Balaban J connectivity index is 0.838. The number of fused-ring (bicyclic) bond motifs is 14. The lowest BCUT2D eigenvalue weighted by Gasteiger charge is -2.25. The molecule has 0 saturated heterocycles. The molecule has 0 saturated carbocycles. The van der Waals surface area contributed by atoms with E-state index in [1.54, 1.807) is 5.19 Å². The fourth-order valence-corrected chi connectivity index (χ4v) is 15.5. The molecule has 0 bridgehead atoms. The number of hydrogen-bond acceptors (Lipinski definition) is 3. The van der Waals surface area contributed by atoms with Gasteiger partial charge in [0.25, 0.3) is 0 Å². The molecule has 1 aliphatic heterocycles. The van der Waals surface area contributed by atoms with E-state index in [0.29, 0.717) is 0 Å². The van der Waals surface area contributed by atoms with Crippen molar-refractivity contribution in [3.63, 3.8) is 0 Å². The van der Waals surface area contributed by atoms with Gasteiger partial charge in [-0.05, 0) is 146 Å². The minimum absolute atomic E-state index is 0.850. The predicted octanol–water partition coefficient (Wildman–Crippen LogP) is 17.3. The van der Waals surface area contributed by atoms with E-state index in [2.05, 4.69) is 229 Å². The number of aromatic nitrogens is 1. The summed E-state index contributed by atoms with van der Waals surface area (Å²) in [5, 5.41) is 12.7. The zero-order chi connectivity index (χ0) is 47.0. The smallest absolute Gasteiger partial charge is 0.137 e. The summed E-state index contributed by atoms with van der Waals surface area (Å²) in [6.45, 7) is 5.05. The van der Waals surface area contributed by atoms with Crippen LogP contribution in [0.3, 0.4) is 0 Å². The third-order valence-electron chi connectivity index (χ3n) is 15.3. The van der Waals surface area contributed by atoms with Crippen LogP contribution < -0.4 is 15.3 Å². The van der Waals surface area contributed by atoms with E-state index < -0.39 is 8.07 Å². The molecule has 334 valence electrons. The number of anilines is 3. The quantitative estimate of drug-likeness (QED) is 0.156. The van der Waals surface area contributed by atoms with Crippen LogP contribution >= 0.6 is 0 Å². The summed E-state index contributed by atoms with van der Waals surface area (Å²) < 4.78 is 15.3. The highest BCUT2D eigenvalue weighted by molar-refractivity contribution is 7.05. The normalized spacial score (nSPS) is 13.0. The van der Waals surface area contributed by atoms with Crippen molar-refractivity contribution >= 4 is 112 Å². The molecule has 5 heteroatoms. The van der Waals surface area contributed by atoms with Crippen molar-refractivity contribution in [1.29, 1.82) is 0 Å². The Hall–Kier alpha value is -8.90. The fraction of sp³-hybridized carbons (Fsp3) is 0.0303. The van der Waals surface area contributed by atoms with E-state index in [1.807, 2.05) is 24.3 Å². The van der Waals surface area contributed by atoms with Gasteiger partial charge in [-0.2, -0.15) is 0 Å². The van der Waals surface area contributed by atoms with Gasteiger partial charge in [0.1, 0.15) is 30.4 Å². The molecule has 0 N–H and O–H groups in total. The summed E-state index contributed by atoms with van der Waals surface area (Å²) in [6.07, 6.45) is 0. The highest BCUT2D eigenvalue weighted by Crippen LogP contribution is 2.43. The van der Waals surface area contributed by atoms with E-state index in [4.69, 9.17) is 8.83 Å². The first kappa shape index (κ1) is 40.0. The van der Waals surface area contributed by atoms with Crippen molar-refractivity contribution in [2.45, 2.75) is 13.1 Å². The summed E-state index contributed by atoms with van der Waals surface area (Å²) in [5.74, 6) is 0. The van der Waals surface area contributed by atoms with Crippen LogP contribution in [0.15, 0.2) is 239 Å². The number of hydrogen-bond donors (Lipinski definition) is 0. The van der Waals surface area contributed by atoms with Crippen molar-refractivity contribution in [2.24, 2.45) is 0 Å². The van der Waals surface area contributed by atoms with Crippen molar-refractivity contribution in [3.8, 4) is 39.1 Å². The van der Waals surface area contributed by atoms with Gasteiger partial charge in [0.15, 0.2) is 0 Å². The molecular formula is C66H44N2O2Si. The molecule has 0 unspecified atom stereocenters. The van der Waals surface area contributed by atoms with Crippen LogP contribution in [0, 0.1) is 0 Å². The maximum absolute atomic E-state index is 6.42. The Kier molecular flexibility index (Phi) is 8.48. The first-order valence-corrected chi connectivity index (χ1v) is 27.5. The molecule has 0 amide bonds.